The fraction of sp³-hybridized carbons (Fsp3) is 0.429. The standard InChI is InChI=1S/C14H21N3O2/c1-4-9-16-11-8-6-5-7-10(11)12(18)17-14(2,3)13(15)19/h5-8,16H,4,9H2,1-3H3,(H2,15,19)(H,17,18). The Kier molecular flexibility index (Phi) is 4.92. The molecule has 0 heterocycles. The van der Waals surface area contributed by atoms with Crippen molar-refractivity contribution in [1.82, 2.24) is 5.32 Å². The van der Waals surface area contributed by atoms with Crippen LogP contribution in [0.3, 0.4) is 0 Å². The van der Waals surface area contributed by atoms with Crippen molar-refractivity contribution in [2.75, 3.05) is 11.9 Å². The van der Waals surface area contributed by atoms with Gasteiger partial charge in [-0.3, -0.25) is 9.59 Å². The molecule has 0 aromatic heterocycles. The normalized spacial score (nSPS) is 10.9. The number of para-hydroxylation sites is 1. The Morgan fingerprint density at radius 3 is 2.47 bits per heavy atom. The van der Waals surface area contributed by atoms with Crippen LogP contribution in [-0.2, 0) is 4.79 Å². The number of amides is 2. The number of benzene rings is 1. The van der Waals surface area contributed by atoms with E-state index in [-0.39, 0.29) is 5.91 Å². The minimum absolute atomic E-state index is 0.317. The molecule has 5 nitrogen and oxygen atoms in total. The zero-order chi connectivity index (χ0) is 14.5. The molecule has 0 saturated carbocycles. The minimum Gasteiger partial charge on any atom is -0.384 e. The van der Waals surface area contributed by atoms with Gasteiger partial charge in [0.05, 0.1) is 5.56 Å². The topological polar surface area (TPSA) is 84.2 Å². The Morgan fingerprint density at radius 2 is 1.89 bits per heavy atom. The summed E-state index contributed by atoms with van der Waals surface area (Å²) in [6.45, 7) is 5.99. The number of hydrogen-bond acceptors (Lipinski definition) is 3. The van der Waals surface area contributed by atoms with Gasteiger partial charge in [0.2, 0.25) is 5.91 Å². The predicted octanol–water partition coefficient (Wildman–Crippen LogP) is 1.50. The summed E-state index contributed by atoms with van der Waals surface area (Å²) in [5, 5.41) is 5.82. The third-order valence-electron chi connectivity index (χ3n) is 2.78. The van der Waals surface area contributed by atoms with Crippen LogP contribution in [0.1, 0.15) is 37.6 Å². The molecule has 0 unspecified atom stereocenters. The zero-order valence-electron chi connectivity index (χ0n) is 11.6. The lowest BCUT2D eigenvalue weighted by Gasteiger charge is -2.23. The van der Waals surface area contributed by atoms with Crippen LogP contribution < -0.4 is 16.4 Å². The highest BCUT2D eigenvalue weighted by molar-refractivity contribution is 6.02. The average molecular weight is 263 g/mol. The van der Waals surface area contributed by atoms with E-state index in [4.69, 9.17) is 5.73 Å². The number of anilines is 1. The molecule has 0 aliphatic heterocycles. The molecule has 1 aromatic rings. The highest BCUT2D eigenvalue weighted by Crippen LogP contribution is 2.16. The molecule has 2 amide bonds. The van der Waals surface area contributed by atoms with Gasteiger partial charge in [0.15, 0.2) is 0 Å². The molecule has 104 valence electrons. The molecule has 4 N–H and O–H groups in total. The Morgan fingerprint density at radius 1 is 1.26 bits per heavy atom. The lowest BCUT2D eigenvalue weighted by molar-refractivity contribution is -0.122. The molecule has 5 heteroatoms. The van der Waals surface area contributed by atoms with Crippen LogP contribution in [0.15, 0.2) is 24.3 Å². The molecule has 19 heavy (non-hydrogen) atoms. The van der Waals surface area contributed by atoms with E-state index in [1.54, 1.807) is 26.0 Å². The Hall–Kier alpha value is -2.04. The minimum atomic E-state index is -1.07. The van der Waals surface area contributed by atoms with E-state index in [1.807, 2.05) is 19.1 Å². The van der Waals surface area contributed by atoms with Gasteiger partial charge in [-0.05, 0) is 32.4 Å². The van der Waals surface area contributed by atoms with Gasteiger partial charge in [0.25, 0.3) is 5.91 Å². The maximum Gasteiger partial charge on any atom is 0.254 e. The fourth-order valence-electron chi connectivity index (χ4n) is 1.51. The summed E-state index contributed by atoms with van der Waals surface area (Å²) in [5.41, 5.74) is 5.43. The van der Waals surface area contributed by atoms with Gasteiger partial charge in [-0.25, -0.2) is 0 Å². The third-order valence-corrected chi connectivity index (χ3v) is 2.78. The van der Waals surface area contributed by atoms with E-state index in [0.717, 1.165) is 18.7 Å². The molecule has 0 aliphatic carbocycles. The number of hydrogen-bond donors (Lipinski definition) is 3. The van der Waals surface area contributed by atoms with Crippen molar-refractivity contribution in [3.05, 3.63) is 29.8 Å². The van der Waals surface area contributed by atoms with E-state index < -0.39 is 11.4 Å². The second-order valence-electron chi connectivity index (χ2n) is 4.92. The van der Waals surface area contributed by atoms with Crippen LogP contribution in [0.4, 0.5) is 5.69 Å². The second kappa shape index (κ2) is 6.22. The van der Waals surface area contributed by atoms with Gasteiger partial charge >= 0.3 is 0 Å². The number of carbonyl (C=O) groups is 2. The Balaban J connectivity index is 2.90. The van der Waals surface area contributed by atoms with Gasteiger partial charge < -0.3 is 16.4 Å². The lowest BCUT2D eigenvalue weighted by atomic mass is 10.0. The molecular weight excluding hydrogens is 242 g/mol. The lowest BCUT2D eigenvalue weighted by Crippen LogP contribution is -2.53. The molecule has 0 radical (unpaired) electrons. The monoisotopic (exact) mass is 263 g/mol. The maximum absolute atomic E-state index is 12.2. The van der Waals surface area contributed by atoms with E-state index in [9.17, 15) is 9.59 Å². The van der Waals surface area contributed by atoms with E-state index in [0.29, 0.717) is 5.56 Å². The van der Waals surface area contributed by atoms with Crippen molar-refractivity contribution in [3.8, 4) is 0 Å². The van der Waals surface area contributed by atoms with Crippen molar-refractivity contribution in [2.45, 2.75) is 32.7 Å². The molecule has 1 aromatic carbocycles. The molecular formula is C14H21N3O2. The summed E-state index contributed by atoms with van der Waals surface area (Å²) in [6.07, 6.45) is 0.961. The van der Waals surface area contributed by atoms with Crippen LogP contribution >= 0.6 is 0 Å². The SMILES string of the molecule is CCCNc1ccccc1C(=O)NC(C)(C)C(N)=O. The smallest absolute Gasteiger partial charge is 0.254 e. The molecule has 0 spiro atoms. The van der Waals surface area contributed by atoms with Crippen molar-refractivity contribution >= 4 is 17.5 Å². The fourth-order valence-corrected chi connectivity index (χ4v) is 1.51. The summed E-state index contributed by atoms with van der Waals surface area (Å²) in [6, 6.07) is 7.18. The van der Waals surface area contributed by atoms with Crippen LogP contribution in [0.25, 0.3) is 0 Å². The van der Waals surface area contributed by atoms with E-state index in [2.05, 4.69) is 10.6 Å². The van der Waals surface area contributed by atoms with Crippen molar-refractivity contribution in [3.63, 3.8) is 0 Å². The first-order valence-corrected chi connectivity index (χ1v) is 6.33. The molecule has 0 bridgehead atoms. The summed E-state index contributed by atoms with van der Waals surface area (Å²) >= 11 is 0. The van der Waals surface area contributed by atoms with Crippen LogP contribution in [-0.4, -0.2) is 23.9 Å². The number of primary amides is 1. The highest BCUT2D eigenvalue weighted by Gasteiger charge is 2.27. The first-order valence-electron chi connectivity index (χ1n) is 6.33. The second-order valence-corrected chi connectivity index (χ2v) is 4.92. The summed E-state index contributed by atoms with van der Waals surface area (Å²) in [4.78, 5) is 23.4. The number of carbonyl (C=O) groups excluding carboxylic acids is 2. The van der Waals surface area contributed by atoms with E-state index in [1.165, 1.54) is 0 Å². The first kappa shape index (κ1) is 15.0. The highest BCUT2D eigenvalue weighted by atomic mass is 16.2. The molecule has 0 fully saturated rings. The zero-order valence-corrected chi connectivity index (χ0v) is 11.6. The number of rotatable bonds is 6. The van der Waals surface area contributed by atoms with Gasteiger partial charge in [-0.1, -0.05) is 19.1 Å². The quantitative estimate of drug-likeness (QED) is 0.727. The van der Waals surface area contributed by atoms with Gasteiger partial charge in [0.1, 0.15) is 5.54 Å². The predicted molar refractivity (Wildman–Crippen MR) is 76.0 cm³/mol. The maximum atomic E-state index is 12.2. The first-order chi connectivity index (χ1) is 8.88. The van der Waals surface area contributed by atoms with Crippen LogP contribution in [0.5, 0.6) is 0 Å². The van der Waals surface area contributed by atoms with Gasteiger partial charge in [0, 0.05) is 12.2 Å². The van der Waals surface area contributed by atoms with Crippen molar-refractivity contribution in [2.24, 2.45) is 5.73 Å². The Labute approximate surface area is 113 Å². The molecule has 0 saturated heterocycles. The number of nitrogens with one attached hydrogen (secondary N) is 2. The molecule has 0 atom stereocenters. The van der Waals surface area contributed by atoms with E-state index >= 15 is 0 Å². The summed E-state index contributed by atoms with van der Waals surface area (Å²) in [7, 11) is 0. The van der Waals surface area contributed by atoms with Crippen molar-refractivity contribution in [1.29, 1.82) is 0 Å². The van der Waals surface area contributed by atoms with Crippen LogP contribution in [0.2, 0.25) is 0 Å². The van der Waals surface area contributed by atoms with Gasteiger partial charge in [-0.15, -0.1) is 0 Å². The van der Waals surface area contributed by atoms with Crippen LogP contribution in [0, 0.1) is 0 Å². The Bertz CT molecular complexity index is 470. The van der Waals surface area contributed by atoms with Gasteiger partial charge in [-0.2, -0.15) is 0 Å². The largest absolute Gasteiger partial charge is 0.384 e. The summed E-state index contributed by atoms with van der Waals surface area (Å²) in [5.74, 6) is -0.886. The van der Waals surface area contributed by atoms with Crippen molar-refractivity contribution < 1.29 is 9.59 Å². The summed E-state index contributed by atoms with van der Waals surface area (Å²) < 4.78 is 0. The third kappa shape index (κ3) is 3.98. The number of nitrogens with two attached hydrogens (primary N) is 1. The average Bonchev–Trinajstić information content (AvgIpc) is 2.36. The molecule has 1 rings (SSSR count). The molecule has 0 aliphatic rings.